The van der Waals surface area contributed by atoms with Gasteiger partial charge in [0.15, 0.2) is 0 Å². The van der Waals surface area contributed by atoms with Gasteiger partial charge >= 0.3 is 0 Å². The first-order chi connectivity index (χ1) is 5.79. The van der Waals surface area contributed by atoms with Crippen molar-refractivity contribution in [2.75, 3.05) is 6.54 Å². The third-order valence-corrected chi connectivity index (χ3v) is 1.94. The average Bonchev–Trinajstić information content (AvgIpc) is 2.05. The van der Waals surface area contributed by atoms with Gasteiger partial charge in [0.25, 0.3) is 0 Å². The molecule has 62 valence electrons. The summed E-state index contributed by atoms with van der Waals surface area (Å²) in [6, 6.07) is 7.47. The second-order valence-electron chi connectivity index (χ2n) is 2.42. The van der Waals surface area contributed by atoms with Gasteiger partial charge in [-0.2, -0.15) is 5.26 Å². The Bertz CT molecular complexity index is 315. The van der Waals surface area contributed by atoms with E-state index in [1.54, 1.807) is 6.07 Å². The Morgan fingerprint density at radius 1 is 1.50 bits per heavy atom. The maximum Gasteiger partial charge on any atom is 0.101 e. The van der Waals surface area contributed by atoms with Crippen molar-refractivity contribution in [2.24, 2.45) is 5.73 Å². The maximum atomic E-state index is 8.75. The molecular weight excluding hydrogens is 172 g/mol. The first-order valence-corrected chi connectivity index (χ1v) is 4.05. The zero-order valence-corrected chi connectivity index (χ0v) is 7.30. The van der Waals surface area contributed by atoms with E-state index in [1.807, 2.05) is 12.1 Å². The van der Waals surface area contributed by atoms with Crippen LogP contribution in [0.3, 0.4) is 0 Å². The monoisotopic (exact) mass is 180 g/mol. The number of nitriles is 1. The number of nitrogens with two attached hydrogens (primary N) is 1. The molecule has 0 saturated carbocycles. The molecule has 0 amide bonds. The molecule has 0 aromatic heterocycles. The highest BCUT2D eigenvalue weighted by Crippen LogP contribution is 2.18. The van der Waals surface area contributed by atoms with Crippen LogP contribution in [0.2, 0.25) is 5.02 Å². The molecule has 0 saturated heterocycles. The molecule has 1 aromatic carbocycles. The number of hydrogen-bond donors (Lipinski definition) is 1. The van der Waals surface area contributed by atoms with Gasteiger partial charge in [-0.05, 0) is 24.6 Å². The third kappa shape index (κ3) is 1.76. The molecule has 2 N–H and O–H groups in total. The van der Waals surface area contributed by atoms with E-state index in [1.165, 1.54) is 0 Å². The Kier molecular flexibility index (Phi) is 3.09. The topological polar surface area (TPSA) is 49.8 Å². The van der Waals surface area contributed by atoms with E-state index in [0.717, 1.165) is 5.56 Å². The number of hydrogen-bond acceptors (Lipinski definition) is 2. The summed E-state index contributed by atoms with van der Waals surface area (Å²) in [5.41, 5.74) is 6.85. The summed E-state index contributed by atoms with van der Waals surface area (Å²) in [5.74, 6) is 0. The van der Waals surface area contributed by atoms with Crippen LogP contribution in [-0.2, 0) is 6.42 Å². The summed E-state index contributed by atoms with van der Waals surface area (Å²) in [6.07, 6.45) is 0.698. The second-order valence-corrected chi connectivity index (χ2v) is 2.83. The first kappa shape index (κ1) is 9.05. The fourth-order valence-electron chi connectivity index (χ4n) is 1.06. The van der Waals surface area contributed by atoms with Crippen LogP contribution in [0.5, 0.6) is 0 Å². The van der Waals surface area contributed by atoms with Gasteiger partial charge in [0.1, 0.15) is 6.07 Å². The summed E-state index contributed by atoms with van der Waals surface area (Å²) in [4.78, 5) is 0. The van der Waals surface area contributed by atoms with Gasteiger partial charge in [0, 0.05) is 0 Å². The van der Waals surface area contributed by atoms with E-state index in [2.05, 4.69) is 6.07 Å². The lowest BCUT2D eigenvalue weighted by Crippen LogP contribution is -2.04. The molecule has 0 heterocycles. The lowest BCUT2D eigenvalue weighted by atomic mass is 10.1. The minimum Gasteiger partial charge on any atom is -0.330 e. The predicted molar refractivity (Wildman–Crippen MR) is 48.9 cm³/mol. The molecule has 0 aliphatic rings. The molecule has 1 rings (SSSR count). The van der Waals surface area contributed by atoms with Crippen molar-refractivity contribution in [1.82, 2.24) is 0 Å². The highest BCUT2D eigenvalue weighted by molar-refractivity contribution is 6.31. The lowest BCUT2D eigenvalue weighted by molar-refractivity contribution is 0.965. The first-order valence-electron chi connectivity index (χ1n) is 3.67. The van der Waals surface area contributed by atoms with E-state index in [9.17, 15) is 0 Å². The number of rotatable bonds is 2. The Morgan fingerprint density at radius 3 is 2.83 bits per heavy atom. The SMILES string of the molecule is N#Cc1c(Cl)cccc1CCN. The Balaban J connectivity index is 3.11. The molecule has 12 heavy (non-hydrogen) atoms. The van der Waals surface area contributed by atoms with E-state index in [-0.39, 0.29) is 0 Å². The third-order valence-electron chi connectivity index (χ3n) is 1.63. The molecule has 0 aliphatic carbocycles. The smallest absolute Gasteiger partial charge is 0.101 e. The lowest BCUT2D eigenvalue weighted by Gasteiger charge is -2.02. The molecule has 0 bridgehead atoms. The van der Waals surface area contributed by atoms with Crippen LogP contribution >= 0.6 is 11.6 Å². The molecule has 0 spiro atoms. The quantitative estimate of drug-likeness (QED) is 0.754. The second kappa shape index (κ2) is 4.10. The fraction of sp³-hybridized carbons (Fsp3) is 0.222. The zero-order valence-electron chi connectivity index (χ0n) is 6.55. The molecule has 0 fully saturated rings. The summed E-state index contributed by atoms with van der Waals surface area (Å²) >= 11 is 5.80. The van der Waals surface area contributed by atoms with Crippen molar-refractivity contribution < 1.29 is 0 Å². The van der Waals surface area contributed by atoms with Crippen LogP contribution in [-0.4, -0.2) is 6.54 Å². The minimum absolute atomic E-state index is 0.503. The molecule has 0 aliphatic heterocycles. The molecule has 0 atom stereocenters. The van der Waals surface area contributed by atoms with Crippen LogP contribution in [0.4, 0.5) is 0 Å². The van der Waals surface area contributed by atoms with Crippen molar-refractivity contribution >= 4 is 11.6 Å². The largest absolute Gasteiger partial charge is 0.330 e. The van der Waals surface area contributed by atoms with Crippen LogP contribution in [0.25, 0.3) is 0 Å². The van der Waals surface area contributed by atoms with Crippen molar-refractivity contribution in [3.8, 4) is 6.07 Å². The van der Waals surface area contributed by atoms with Crippen LogP contribution in [0.15, 0.2) is 18.2 Å². The summed E-state index contributed by atoms with van der Waals surface area (Å²) < 4.78 is 0. The highest BCUT2D eigenvalue weighted by Gasteiger charge is 2.04. The van der Waals surface area contributed by atoms with Crippen molar-refractivity contribution in [2.45, 2.75) is 6.42 Å². The molecular formula is C9H9ClN2. The zero-order chi connectivity index (χ0) is 8.97. The Hall–Kier alpha value is -1.04. The van der Waals surface area contributed by atoms with Gasteiger partial charge in [0.05, 0.1) is 10.6 Å². The standard InChI is InChI=1S/C9H9ClN2/c10-9-3-1-2-7(4-5-11)8(9)6-12/h1-3H,4-5,11H2. The van der Waals surface area contributed by atoms with Gasteiger partial charge in [-0.1, -0.05) is 23.7 Å². The summed E-state index contributed by atoms with van der Waals surface area (Å²) in [5, 5.41) is 9.25. The van der Waals surface area contributed by atoms with E-state index in [4.69, 9.17) is 22.6 Å². The van der Waals surface area contributed by atoms with Crippen molar-refractivity contribution in [3.63, 3.8) is 0 Å². The van der Waals surface area contributed by atoms with Crippen LogP contribution < -0.4 is 5.73 Å². The van der Waals surface area contributed by atoms with Gasteiger partial charge in [-0.3, -0.25) is 0 Å². The van der Waals surface area contributed by atoms with Gasteiger partial charge in [-0.25, -0.2) is 0 Å². The van der Waals surface area contributed by atoms with E-state index in [0.29, 0.717) is 23.6 Å². The Morgan fingerprint density at radius 2 is 2.25 bits per heavy atom. The molecule has 2 nitrogen and oxygen atoms in total. The highest BCUT2D eigenvalue weighted by atomic mass is 35.5. The fourth-order valence-corrected chi connectivity index (χ4v) is 1.29. The molecule has 0 radical (unpaired) electrons. The van der Waals surface area contributed by atoms with Gasteiger partial charge in [-0.15, -0.1) is 0 Å². The van der Waals surface area contributed by atoms with Crippen LogP contribution in [0.1, 0.15) is 11.1 Å². The van der Waals surface area contributed by atoms with Gasteiger partial charge < -0.3 is 5.73 Å². The number of benzene rings is 1. The normalized spacial score (nSPS) is 9.42. The van der Waals surface area contributed by atoms with Crippen molar-refractivity contribution in [3.05, 3.63) is 34.3 Å². The molecule has 3 heteroatoms. The molecule has 0 unspecified atom stereocenters. The number of halogens is 1. The predicted octanol–water partition coefficient (Wildman–Crippen LogP) is 1.71. The molecule has 1 aromatic rings. The minimum atomic E-state index is 0.503. The maximum absolute atomic E-state index is 8.75. The van der Waals surface area contributed by atoms with Crippen molar-refractivity contribution in [1.29, 1.82) is 5.26 Å². The van der Waals surface area contributed by atoms with Gasteiger partial charge in [0.2, 0.25) is 0 Å². The van der Waals surface area contributed by atoms with E-state index >= 15 is 0 Å². The summed E-state index contributed by atoms with van der Waals surface area (Å²) in [7, 11) is 0. The van der Waals surface area contributed by atoms with Crippen LogP contribution in [0, 0.1) is 11.3 Å². The Labute approximate surface area is 76.6 Å². The van der Waals surface area contributed by atoms with E-state index < -0.39 is 0 Å². The average molecular weight is 181 g/mol. The summed E-state index contributed by atoms with van der Waals surface area (Å²) in [6.45, 7) is 0.537. The number of nitrogens with zero attached hydrogens (tertiary/aromatic N) is 1.